The van der Waals surface area contributed by atoms with Crippen LogP contribution in [-0.4, -0.2) is 64.6 Å². The zero-order valence-electron chi connectivity index (χ0n) is 12.8. The summed E-state index contributed by atoms with van der Waals surface area (Å²) in [4.78, 5) is 23.0. The molecule has 1 saturated heterocycles. The Hall–Kier alpha value is -1.22. The summed E-state index contributed by atoms with van der Waals surface area (Å²) < 4.78 is 15.1. The monoisotopic (exact) mass is 320 g/mol. The molecule has 0 bridgehead atoms. The second-order valence-corrected chi connectivity index (χ2v) is 5.18. The Balaban J connectivity index is 2.70. The number of esters is 2. The highest BCUT2D eigenvalue weighted by atomic mass is 16.7. The number of carbonyl (C=O) groups excluding carboxylic acids is 2. The fraction of sp³-hybridized carbons (Fsp3) is 0.857. The number of carbonyl (C=O) groups is 2. The van der Waals surface area contributed by atoms with Gasteiger partial charge in [-0.05, 0) is 12.8 Å². The van der Waals surface area contributed by atoms with E-state index in [9.17, 15) is 24.9 Å². The zero-order chi connectivity index (χ0) is 16.7. The third kappa shape index (κ3) is 5.20. The molecular formula is C14H24O8. The van der Waals surface area contributed by atoms with Gasteiger partial charge in [0, 0.05) is 12.8 Å². The highest BCUT2D eigenvalue weighted by molar-refractivity contribution is 5.70. The van der Waals surface area contributed by atoms with E-state index < -0.39 is 42.6 Å². The minimum Gasteiger partial charge on any atom is -0.463 e. The number of hydrogen-bond donors (Lipinski definition) is 3. The third-order valence-electron chi connectivity index (χ3n) is 3.24. The Kier molecular flexibility index (Phi) is 7.74. The first-order valence-corrected chi connectivity index (χ1v) is 7.45. The average molecular weight is 320 g/mol. The van der Waals surface area contributed by atoms with Crippen molar-refractivity contribution in [3.8, 4) is 0 Å². The predicted octanol–water partition coefficient (Wildman–Crippen LogP) is -0.519. The summed E-state index contributed by atoms with van der Waals surface area (Å²) in [5, 5.41) is 29.1. The van der Waals surface area contributed by atoms with Crippen LogP contribution in [0.4, 0.5) is 0 Å². The quantitative estimate of drug-likeness (QED) is 0.536. The normalized spacial score (nSPS) is 31.6. The van der Waals surface area contributed by atoms with Gasteiger partial charge in [0.2, 0.25) is 0 Å². The van der Waals surface area contributed by atoms with E-state index >= 15 is 0 Å². The van der Waals surface area contributed by atoms with Gasteiger partial charge in [0.1, 0.15) is 24.9 Å². The second kappa shape index (κ2) is 9.04. The van der Waals surface area contributed by atoms with Crippen LogP contribution in [0.25, 0.3) is 0 Å². The van der Waals surface area contributed by atoms with Crippen LogP contribution in [0.2, 0.25) is 0 Å². The van der Waals surface area contributed by atoms with E-state index in [4.69, 9.17) is 14.2 Å². The molecule has 0 aromatic carbocycles. The molecule has 1 aliphatic rings. The molecule has 1 fully saturated rings. The van der Waals surface area contributed by atoms with Crippen molar-refractivity contribution < 1.29 is 39.1 Å². The predicted molar refractivity (Wildman–Crippen MR) is 73.5 cm³/mol. The van der Waals surface area contributed by atoms with E-state index in [1.807, 2.05) is 6.92 Å². The van der Waals surface area contributed by atoms with Gasteiger partial charge >= 0.3 is 11.9 Å². The Morgan fingerprint density at radius 1 is 1.00 bits per heavy atom. The lowest BCUT2D eigenvalue weighted by Crippen LogP contribution is -2.60. The zero-order valence-corrected chi connectivity index (χ0v) is 12.8. The first kappa shape index (κ1) is 18.8. The molecule has 0 amide bonds. The summed E-state index contributed by atoms with van der Waals surface area (Å²) in [5.41, 5.74) is 0. The lowest BCUT2D eigenvalue weighted by molar-refractivity contribution is -0.290. The van der Waals surface area contributed by atoms with Gasteiger partial charge < -0.3 is 29.5 Å². The maximum Gasteiger partial charge on any atom is 0.306 e. The average Bonchev–Trinajstić information content (AvgIpc) is 2.47. The molecule has 0 saturated carbocycles. The summed E-state index contributed by atoms with van der Waals surface area (Å²) >= 11 is 0. The molecule has 0 radical (unpaired) electrons. The first-order valence-electron chi connectivity index (χ1n) is 7.45. The van der Waals surface area contributed by atoms with Gasteiger partial charge in [0.25, 0.3) is 0 Å². The molecule has 0 aromatic rings. The van der Waals surface area contributed by atoms with Gasteiger partial charge in [0.05, 0.1) is 0 Å². The highest BCUT2D eigenvalue weighted by Gasteiger charge is 2.46. The lowest BCUT2D eigenvalue weighted by Gasteiger charge is -2.39. The molecule has 0 spiro atoms. The Morgan fingerprint density at radius 2 is 1.59 bits per heavy atom. The number of hydrogen-bond acceptors (Lipinski definition) is 8. The number of ether oxygens (including phenoxy) is 3. The third-order valence-corrected chi connectivity index (χ3v) is 3.24. The Morgan fingerprint density at radius 3 is 2.18 bits per heavy atom. The standard InChI is InChI=1S/C14H24O8/c1-3-5-9(15)20-7-8-13(22-10(16)6-4-2)11(17)12(18)14(19)21-8/h8,11-14,17-19H,3-7H2,1-2H3/t8-,11-,12+,13-,14+/m1/s1. The molecule has 0 aromatic heterocycles. The van der Waals surface area contributed by atoms with Crippen LogP contribution in [0.3, 0.4) is 0 Å². The van der Waals surface area contributed by atoms with Crippen LogP contribution in [0.1, 0.15) is 39.5 Å². The van der Waals surface area contributed by atoms with Crippen molar-refractivity contribution in [2.24, 2.45) is 0 Å². The SMILES string of the molecule is CCCC(=O)OC[C@H]1O[C@H](O)[C@@H](O)[C@@H](O)[C@@H]1OC(=O)CCC. The van der Waals surface area contributed by atoms with Gasteiger partial charge in [-0.15, -0.1) is 0 Å². The van der Waals surface area contributed by atoms with Crippen LogP contribution >= 0.6 is 0 Å². The van der Waals surface area contributed by atoms with Crippen molar-refractivity contribution in [3.05, 3.63) is 0 Å². The van der Waals surface area contributed by atoms with Crippen LogP contribution in [0.15, 0.2) is 0 Å². The summed E-state index contributed by atoms with van der Waals surface area (Å²) in [6.45, 7) is 3.32. The topological polar surface area (TPSA) is 123 Å². The summed E-state index contributed by atoms with van der Waals surface area (Å²) in [5.74, 6) is -1.02. The van der Waals surface area contributed by atoms with Crippen molar-refractivity contribution in [2.75, 3.05) is 6.61 Å². The highest BCUT2D eigenvalue weighted by Crippen LogP contribution is 2.23. The van der Waals surface area contributed by atoms with Crippen molar-refractivity contribution >= 4 is 11.9 Å². The van der Waals surface area contributed by atoms with Crippen LogP contribution in [0.5, 0.6) is 0 Å². The summed E-state index contributed by atoms with van der Waals surface area (Å²) in [6, 6.07) is 0. The molecule has 8 nitrogen and oxygen atoms in total. The fourth-order valence-electron chi connectivity index (χ4n) is 2.07. The number of aliphatic hydroxyl groups is 3. The van der Waals surface area contributed by atoms with Crippen molar-refractivity contribution in [1.29, 1.82) is 0 Å². The Bertz CT molecular complexity index is 372. The van der Waals surface area contributed by atoms with Crippen LogP contribution < -0.4 is 0 Å². The largest absolute Gasteiger partial charge is 0.463 e. The smallest absolute Gasteiger partial charge is 0.306 e. The van der Waals surface area contributed by atoms with Gasteiger partial charge in [0.15, 0.2) is 12.4 Å². The van der Waals surface area contributed by atoms with E-state index in [1.54, 1.807) is 6.92 Å². The van der Waals surface area contributed by atoms with Crippen molar-refractivity contribution in [2.45, 2.75) is 70.2 Å². The molecular weight excluding hydrogens is 296 g/mol. The minimum absolute atomic E-state index is 0.143. The molecule has 1 rings (SSSR count). The van der Waals surface area contributed by atoms with Gasteiger partial charge in [-0.1, -0.05) is 13.8 Å². The Labute approximate surface area is 129 Å². The molecule has 22 heavy (non-hydrogen) atoms. The van der Waals surface area contributed by atoms with Gasteiger partial charge in [-0.3, -0.25) is 9.59 Å². The fourth-order valence-corrected chi connectivity index (χ4v) is 2.07. The van der Waals surface area contributed by atoms with Gasteiger partial charge in [-0.25, -0.2) is 0 Å². The van der Waals surface area contributed by atoms with Crippen molar-refractivity contribution in [1.82, 2.24) is 0 Å². The van der Waals surface area contributed by atoms with Gasteiger partial charge in [-0.2, -0.15) is 0 Å². The summed E-state index contributed by atoms with van der Waals surface area (Å²) in [6.07, 6.45) is -5.51. The number of aliphatic hydroxyl groups excluding tert-OH is 3. The number of rotatable bonds is 7. The van der Waals surface area contributed by atoms with Crippen LogP contribution in [-0.2, 0) is 23.8 Å². The van der Waals surface area contributed by atoms with E-state index in [-0.39, 0.29) is 19.4 Å². The molecule has 0 unspecified atom stereocenters. The van der Waals surface area contributed by atoms with Crippen molar-refractivity contribution in [3.63, 3.8) is 0 Å². The van der Waals surface area contributed by atoms with E-state index in [1.165, 1.54) is 0 Å². The molecule has 0 aliphatic carbocycles. The minimum atomic E-state index is -1.65. The molecule has 1 heterocycles. The maximum atomic E-state index is 11.6. The molecule has 8 heteroatoms. The molecule has 128 valence electrons. The lowest BCUT2D eigenvalue weighted by atomic mass is 9.99. The molecule has 5 atom stereocenters. The van der Waals surface area contributed by atoms with E-state index in [0.717, 1.165) is 0 Å². The maximum absolute atomic E-state index is 11.6. The second-order valence-electron chi connectivity index (χ2n) is 5.18. The van der Waals surface area contributed by atoms with E-state index in [2.05, 4.69) is 0 Å². The van der Waals surface area contributed by atoms with Crippen LogP contribution in [0, 0.1) is 0 Å². The molecule has 3 N–H and O–H groups in total. The summed E-state index contributed by atoms with van der Waals surface area (Å²) in [7, 11) is 0. The van der Waals surface area contributed by atoms with E-state index in [0.29, 0.717) is 12.8 Å². The molecule has 1 aliphatic heterocycles. The first-order chi connectivity index (χ1) is 10.4.